The Morgan fingerprint density at radius 1 is 1.18 bits per heavy atom. The van der Waals surface area contributed by atoms with Gasteiger partial charge in [0.15, 0.2) is 6.61 Å². The highest BCUT2D eigenvalue weighted by molar-refractivity contribution is 5.97. The first kappa shape index (κ1) is 21.5. The smallest absolute Gasteiger partial charge is 0.255 e. The van der Waals surface area contributed by atoms with E-state index in [1.807, 2.05) is 36.4 Å². The molecule has 0 bridgehead atoms. The van der Waals surface area contributed by atoms with Gasteiger partial charge in [0.05, 0.1) is 11.6 Å². The van der Waals surface area contributed by atoms with Crippen LogP contribution in [-0.2, 0) is 6.61 Å². The van der Waals surface area contributed by atoms with Gasteiger partial charge in [0.2, 0.25) is 11.7 Å². The van der Waals surface area contributed by atoms with Crippen LogP contribution in [0.5, 0.6) is 11.5 Å². The van der Waals surface area contributed by atoms with E-state index in [2.05, 4.69) is 27.4 Å². The topological polar surface area (TPSA) is 89.7 Å². The highest BCUT2D eigenvalue weighted by Gasteiger charge is 2.43. The number of hydrogen-bond donors (Lipinski definition) is 1. The molecule has 172 valence electrons. The minimum atomic E-state index is -0.259. The molecule has 0 unspecified atom stereocenters. The van der Waals surface area contributed by atoms with Crippen LogP contribution in [-0.4, -0.2) is 46.7 Å². The summed E-state index contributed by atoms with van der Waals surface area (Å²) in [5, 5.41) is 7.10. The monoisotopic (exact) mass is 448 g/mol. The Kier molecular flexibility index (Phi) is 5.76. The predicted molar refractivity (Wildman–Crippen MR) is 121 cm³/mol. The third kappa shape index (κ3) is 4.57. The Bertz CT molecular complexity index is 1140. The van der Waals surface area contributed by atoms with Crippen molar-refractivity contribution >= 4 is 5.91 Å². The zero-order chi connectivity index (χ0) is 22.8. The first-order valence-electron chi connectivity index (χ1n) is 11.3. The van der Waals surface area contributed by atoms with Crippen molar-refractivity contribution in [1.29, 1.82) is 0 Å². The number of fused-ring (bicyclic) bond motifs is 1. The fourth-order valence-corrected chi connectivity index (χ4v) is 4.64. The fraction of sp³-hybridized carbons (Fsp3) is 0.400. The van der Waals surface area contributed by atoms with E-state index < -0.39 is 0 Å². The average molecular weight is 449 g/mol. The highest BCUT2D eigenvalue weighted by Crippen LogP contribution is 2.44. The molecule has 8 heteroatoms. The molecule has 0 saturated carbocycles. The molecule has 1 aromatic heterocycles. The maximum Gasteiger partial charge on any atom is 0.255 e. The third-order valence-corrected chi connectivity index (χ3v) is 6.46. The van der Waals surface area contributed by atoms with Crippen LogP contribution in [0.25, 0.3) is 0 Å². The maximum absolute atomic E-state index is 13.4. The number of benzene rings is 2. The molecule has 1 atom stereocenters. The van der Waals surface area contributed by atoms with Gasteiger partial charge < -0.3 is 24.2 Å². The van der Waals surface area contributed by atoms with Crippen LogP contribution in [0.15, 0.2) is 53.1 Å². The molecule has 5 rings (SSSR count). The van der Waals surface area contributed by atoms with Gasteiger partial charge in [-0.15, -0.1) is 0 Å². The summed E-state index contributed by atoms with van der Waals surface area (Å²) in [7, 11) is 2.13. The molecule has 0 aliphatic carbocycles. The first-order chi connectivity index (χ1) is 16.0. The summed E-state index contributed by atoms with van der Waals surface area (Å²) >= 11 is 0. The molecule has 1 fully saturated rings. The Morgan fingerprint density at radius 2 is 1.94 bits per heavy atom. The molecule has 0 radical (unpaired) electrons. The molecule has 2 aliphatic rings. The van der Waals surface area contributed by atoms with Crippen LogP contribution in [0, 0.1) is 6.92 Å². The van der Waals surface area contributed by atoms with Gasteiger partial charge >= 0.3 is 0 Å². The van der Waals surface area contributed by atoms with Crippen molar-refractivity contribution in [3.63, 3.8) is 0 Å². The average Bonchev–Trinajstić information content (AvgIpc) is 3.25. The Labute approximate surface area is 192 Å². The number of para-hydroxylation sites is 2. The molecular formula is C25H28N4O4. The molecule has 1 spiro atoms. The van der Waals surface area contributed by atoms with Crippen molar-refractivity contribution in [1.82, 2.24) is 20.4 Å². The minimum absolute atomic E-state index is 0.123. The number of carbonyl (C=O) groups is 1. The fourth-order valence-electron chi connectivity index (χ4n) is 4.64. The predicted octanol–water partition coefficient (Wildman–Crippen LogP) is 3.68. The van der Waals surface area contributed by atoms with Crippen molar-refractivity contribution in [2.24, 2.45) is 0 Å². The standard InChI is InChI=1S/C25H28N4O4/c1-17-26-23(28-33-17)16-31-21-9-5-4-8-19(21)24(30)27-20-15-25(11-13-29(2)14-12-25)32-22-10-6-3-7-18(20)22/h3-10,20H,11-16H2,1-2H3,(H,27,30)/t20-/m0/s1. The molecule has 8 nitrogen and oxygen atoms in total. The zero-order valence-electron chi connectivity index (χ0n) is 18.9. The lowest BCUT2D eigenvalue weighted by Crippen LogP contribution is -2.51. The molecule has 1 N–H and O–H groups in total. The molecule has 2 aromatic carbocycles. The van der Waals surface area contributed by atoms with Crippen molar-refractivity contribution in [3.05, 3.63) is 71.4 Å². The van der Waals surface area contributed by atoms with Gasteiger partial charge in [-0.25, -0.2) is 0 Å². The van der Waals surface area contributed by atoms with Gasteiger partial charge in [-0.05, 0) is 38.1 Å². The van der Waals surface area contributed by atoms with E-state index in [1.165, 1.54) is 0 Å². The van der Waals surface area contributed by atoms with E-state index in [9.17, 15) is 4.79 Å². The van der Waals surface area contributed by atoms with Crippen LogP contribution in [0.3, 0.4) is 0 Å². The van der Waals surface area contributed by atoms with Crippen LogP contribution in [0.1, 0.15) is 52.9 Å². The lowest BCUT2D eigenvalue weighted by atomic mass is 9.80. The van der Waals surface area contributed by atoms with Crippen LogP contribution >= 0.6 is 0 Å². The normalized spacial score (nSPS) is 19.5. The van der Waals surface area contributed by atoms with E-state index in [0.717, 1.165) is 43.7 Å². The van der Waals surface area contributed by atoms with E-state index >= 15 is 0 Å². The third-order valence-electron chi connectivity index (χ3n) is 6.46. The number of aromatic nitrogens is 2. The molecule has 33 heavy (non-hydrogen) atoms. The van der Waals surface area contributed by atoms with Gasteiger partial charge in [-0.2, -0.15) is 4.98 Å². The number of likely N-dealkylation sites (tertiary alicyclic amines) is 1. The highest BCUT2D eigenvalue weighted by atomic mass is 16.5. The molecule has 2 aliphatic heterocycles. The minimum Gasteiger partial charge on any atom is -0.487 e. The Hall–Kier alpha value is -3.39. The number of amides is 1. The molecule has 1 saturated heterocycles. The summed E-state index contributed by atoms with van der Waals surface area (Å²) in [5.41, 5.74) is 1.22. The van der Waals surface area contributed by atoms with E-state index in [0.29, 0.717) is 23.0 Å². The van der Waals surface area contributed by atoms with Gasteiger partial charge in [0.1, 0.15) is 17.1 Å². The van der Waals surface area contributed by atoms with Crippen LogP contribution < -0.4 is 14.8 Å². The number of aryl methyl sites for hydroxylation is 1. The van der Waals surface area contributed by atoms with E-state index in [-0.39, 0.29) is 24.2 Å². The van der Waals surface area contributed by atoms with Crippen molar-refractivity contribution < 1.29 is 18.8 Å². The SMILES string of the molecule is Cc1nc(COc2ccccc2C(=O)N[C@H]2CC3(CCN(C)CC3)Oc3ccccc32)no1. The second-order valence-corrected chi connectivity index (χ2v) is 8.87. The first-order valence-corrected chi connectivity index (χ1v) is 11.3. The molecular weight excluding hydrogens is 420 g/mol. The second-order valence-electron chi connectivity index (χ2n) is 8.87. The number of nitrogens with one attached hydrogen (secondary N) is 1. The summed E-state index contributed by atoms with van der Waals surface area (Å²) in [4.78, 5) is 19.9. The van der Waals surface area contributed by atoms with Crippen LogP contribution in [0.4, 0.5) is 0 Å². The van der Waals surface area contributed by atoms with Gasteiger partial charge in [0, 0.05) is 32.0 Å². The summed E-state index contributed by atoms with van der Waals surface area (Å²) in [5.74, 6) is 2.06. The summed E-state index contributed by atoms with van der Waals surface area (Å²) < 4.78 is 17.4. The second kappa shape index (κ2) is 8.86. The van der Waals surface area contributed by atoms with Gasteiger partial charge in [-0.3, -0.25) is 4.79 Å². The summed E-state index contributed by atoms with van der Waals surface area (Å²) in [6, 6.07) is 15.1. The van der Waals surface area contributed by atoms with E-state index in [1.54, 1.807) is 19.1 Å². The maximum atomic E-state index is 13.4. The van der Waals surface area contributed by atoms with Crippen molar-refractivity contribution in [3.8, 4) is 11.5 Å². The quantitative estimate of drug-likeness (QED) is 0.637. The van der Waals surface area contributed by atoms with Gasteiger partial charge in [-0.1, -0.05) is 35.5 Å². The number of rotatable bonds is 5. The molecule has 3 aromatic rings. The summed E-state index contributed by atoms with van der Waals surface area (Å²) in [6.07, 6.45) is 2.62. The largest absolute Gasteiger partial charge is 0.487 e. The zero-order valence-corrected chi connectivity index (χ0v) is 18.9. The van der Waals surface area contributed by atoms with E-state index in [4.69, 9.17) is 14.0 Å². The van der Waals surface area contributed by atoms with Crippen molar-refractivity contribution in [2.45, 2.75) is 44.4 Å². The molecule has 1 amide bonds. The number of ether oxygens (including phenoxy) is 2. The number of piperidine rings is 1. The Morgan fingerprint density at radius 3 is 2.73 bits per heavy atom. The number of nitrogens with zero attached hydrogens (tertiary/aromatic N) is 3. The summed E-state index contributed by atoms with van der Waals surface area (Å²) in [6.45, 7) is 3.81. The molecule has 3 heterocycles. The number of carbonyl (C=O) groups excluding carboxylic acids is 1. The lowest BCUT2D eigenvalue weighted by molar-refractivity contribution is -0.0195. The van der Waals surface area contributed by atoms with Crippen molar-refractivity contribution in [2.75, 3.05) is 20.1 Å². The lowest BCUT2D eigenvalue weighted by Gasteiger charge is -2.46. The van der Waals surface area contributed by atoms with Crippen LogP contribution in [0.2, 0.25) is 0 Å². The Balaban J connectivity index is 1.36. The number of hydrogen-bond acceptors (Lipinski definition) is 7. The van der Waals surface area contributed by atoms with Gasteiger partial charge in [0.25, 0.3) is 5.91 Å².